The van der Waals surface area contributed by atoms with Crippen LogP contribution >= 0.6 is 15.9 Å². The van der Waals surface area contributed by atoms with Crippen molar-refractivity contribution in [2.75, 3.05) is 19.0 Å². The lowest BCUT2D eigenvalue weighted by molar-refractivity contribution is -0.384. The molecule has 1 saturated heterocycles. The predicted molar refractivity (Wildman–Crippen MR) is 151 cm³/mol. The number of urea groups is 1. The minimum Gasteiger partial charge on any atom is -0.493 e. The molecule has 0 saturated carbocycles. The second-order valence-electron chi connectivity index (χ2n) is 8.69. The summed E-state index contributed by atoms with van der Waals surface area (Å²) in [5.74, 6) is -0.469. The molecule has 12 heteroatoms. The number of methoxy groups -OCH3 is 1. The maximum absolute atomic E-state index is 13.0. The first-order valence-electron chi connectivity index (χ1n) is 12.2. The van der Waals surface area contributed by atoms with Crippen molar-refractivity contribution in [3.8, 4) is 11.5 Å². The molecule has 0 radical (unpaired) electrons. The predicted octanol–water partition coefficient (Wildman–Crippen LogP) is 5.04. The van der Waals surface area contributed by atoms with Crippen LogP contribution in [0.5, 0.6) is 11.5 Å². The van der Waals surface area contributed by atoms with Crippen LogP contribution in [-0.4, -0.2) is 41.3 Å². The summed E-state index contributed by atoms with van der Waals surface area (Å²) in [6.07, 6.45) is 2.17. The number of nitrogens with zero attached hydrogens (tertiary/aromatic N) is 2. The maximum atomic E-state index is 13.0. The number of nitrogens with one attached hydrogen (secondary N) is 2. The van der Waals surface area contributed by atoms with E-state index in [4.69, 9.17) is 9.47 Å². The zero-order valence-corrected chi connectivity index (χ0v) is 23.2. The summed E-state index contributed by atoms with van der Waals surface area (Å²) in [5.41, 5.74) is 2.61. The van der Waals surface area contributed by atoms with Crippen molar-refractivity contribution >= 4 is 51.2 Å². The second kappa shape index (κ2) is 12.4. The number of rotatable bonds is 10. The first kappa shape index (κ1) is 28.3. The Morgan fingerprint density at radius 3 is 2.65 bits per heavy atom. The van der Waals surface area contributed by atoms with E-state index in [1.54, 1.807) is 36.4 Å². The lowest BCUT2D eigenvalue weighted by Gasteiger charge is -2.14. The van der Waals surface area contributed by atoms with Gasteiger partial charge in [0.05, 0.1) is 16.5 Å². The smallest absolute Gasteiger partial charge is 0.329 e. The Bertz CT molecular complexity index is 1520. The summed E-state index contributed by atoms with van der Waals surface area (Å²) in [5, 5.41) is 16.3. The third-order valence-electron chi connectivity index (χ3n) is 6.00. The van der Waals surface area contributed by atoms with Crippen LogP contribution < -0.4 is 20.1 Å². The number of carbonyl (C=O) groups is 3. The van der Waals surface area contributed by atoms with E-state index in [0.29, 0.717) is 39.2 Å². The minimum absolute atomic E-state index is 0.00836. The Balaban J connectivity index is 1.47. The number of benzene rings is 3. The Morgan fingerprint density at radius 2 is 1.93 bits per heavy atom. The Morgan fingerprint density at radius 1 is 1.15 bits per heavy atom. The number of non-ortho nitro benzene ring substituents is 1. The molecule has 1 heterocycles. The van der Waals surface area contributed by atoms with E-state index in [9.17, 15) is 24.5 Å². The number of anilines is 1. The minimum atomic E-state index is -0.710. The molecule has 0 aromatic heterocycles. The third kappa shape index (κ3) is 6.46. The highest BCUT2D eigenvalue weighted by molar-refractivity contribution is 9.10. The number of hydrogen-bond acceptors (Lipinski definition) is 7. The summed E-state index contributed by atoms with van der Waals surface area (Å²) >= 11 is 3.44. The summed E-state index contributed by atoms with van der Waals surface area (Å²) < 4.78 is 11.8. The van der Waals surface area contributed by atoms with E-state index in [2.05, 4.69) is 26.6 Å². The van der Waals surface area contributed by atoms with Crippen molar-refractivity contribution in [1.29, 1.82) is 0 Å². The van der Waals surface area contributed by atoms with Crippen molar-refractivity contribution in [3.05, 3.63) is 97.6 Å². The zero-order chi connectivity index (χ0) is 28.8. The largest absolute Gasteiger partial charge is 0.493 e. The van der Waals surface area contributed by atoms with Gasteiger partial charge >= 0.3 is 6.03 Å². The SMILES string of the molecule is CCc1ccccc1NC(=O)CN1C(=O)N/C(=C/c2cc(Br)c(OCc3cccc([N+](=O)[O-])c3)c(OC)c2)C1=O. The molecule has 1 fully saturated rings. The van der Waals surface area contributed by atoms with Gasteiger partial charge in [0.15, 0.2) is 11.5 Å². The fraction of sp³-hybridized carbons (Fsp3) is 0.179. The highest BCUT2D eigenvalue weighted by Crippen LogP contribution is 2.38. The number of halogens is 1. The number of nitro benzene ring substituents is 1. The molecule has 40 heavy (non-hydrogen) atoms. The number of para-hydroxylation sites is 1. The van der Waals surface area contributed by atoms with Crippen LogP contribution in [0.1, 0.15) is 23.6 Å². The van der Waals surface area contributed by atoms with E-state index in [1.165, 1.54) is 25.3 Å². The van der Waals surface area contributed by atoms with Crippen LogP contribution in [-0.2, 0) is 22.6 Å². The van der Waals surface area contributed by atoms with Gasteiger partial charge in [0.2, 0.25) is 5.91 Å². The van der Waals surface area contributed by atoms with Crippen LogP contribution in [0.2, 0.25) is 0 Å². The number of carbonyl (C=O) groups excluding carboxylic acids is 3. The molecular weight excluding hydrogens is 584 g/mol. The first-order chi connectivity index (χ1) is 19.2. The van der Waals surface area contributed by atoms with Crippen LogP contribution in [0.15, 0.2) is 70.8 Å². The van der Waals surface area contributed by atoms with Gasteiger partial charge in [-0.2, -0.15) is 0 Å². The number of aryl methyl sites for hydroxylation is 1. The number of imide groups is 1. The van der Waals surface area contributed by atoms with Gasteiger partial charge < -0.3 is 20.1 Å². The summed E-state index contributed by atoms with van der Waals surface area (Å²) in [4.78, 5) is 49.4. The molecule has 1 aliphatic rings. The Hall–Kier alpha value is -4.71. The fourth-order valence-corrected chi connectivity index (χ4v) is 4.62. The molecule has 1 aliphatic heterocycles. The highest BCUT2D eigenvalue weighted by atomic mass is 79.9. The Labute approximate surface area is 238 Å². The normalized spacial score (nSPS) is 13.8. The molecule has 4 rings (SSSR count). The van der Waals surface area contributed by atoms with E-state index in [-0.39, 0.29) is 18.0 Å². The monoisotopic (exact) mass is 608 g/mol. The molecule has 0 bridgehead atoms. The van der Waals surface area contributed by atoms with Gasteiger partial charge in [-0.1, -0.05) is 37.3 Å². The van der Waals surface area contributed by atoms with Gasteiger partial charge in [-0.25, -0.2) is 9.69 Å². The third-order valence-corrected chi connectivity index (χ3v) is 6.59. The molecule has 11 nitrogen and oxygen atoms in total. The van der Waals surface area contributed by atoms with Crippen LogP contribution in [0, 0.1) is 10.1 Å². The second-order valence-corrected chi connectivity index (χ2v) is 9.54. The molecule has 3 aromatic rings. The van der Waals surface area contributed by atoms with Crippen LogP contribution in [0.4, 0.5) is 16.2 Å². The lowest BCUT2D eigenvalue weighted by atomic mass is 10.1. The van der Waals surface area contributed by atoms with E-state index < -0.39 is 29.3 Å². The van der Waals surface area contributed by atoms with Gasteiger partial charge in [-0.05, 0) is 63.3 Å². The average molecular weight is 609 g/mol. The molecule has 0 aliphatic carbocycles. The molecule has 206 valence electrons. The molecule has 2 N–H and O–H groups in total. The number of hydrogen-bond donors (Lipinski definition) is 2. The molecular formula is C28H25BrN4O7. The molecule has 0 atom stereocenters. The standard InChI is InChI=1S/C28H25BrN4O7/c1-3-19-8-4-5-10-22(19)30-25(34)15-32-27(35)23(31-28(32)36)13-18-12-21(29)26(24(14-18)39-2)40-16-17-7-6-9-20(11-17)33(37)38/h4-14H,3,15-16H2,1-2H3,(H,30,34)(H,31,36)/b23-13+. The van der Waals surface area contributed by atoms with Crippen LogP contribution in [0.25, 0.3) is 6.08 Å². The van der Waals surface area contributed by atoms with Crippen molar-refractivity contribution in [2.45, 2.75) is 20.0 Å². The molecule has 0 spiro atoms. The molecule has 0 unspecified atom stereocenters. The first-order valence-corrected chi connectivity index (χ1v) is 13.0. The molecule has 3 aromatic carbocycles. The van der Waals surface area contributed by atoms with E-state index in [0.717, 1.165) is 10.5 Å². The van der Waals surface area contributed by atoms with Gasteiger partial charge in [0.1, 0.15) is 18.8 Å². The summed E-state index contributed by atoms with van der Waals surface area (Å²) in [6.45, 7) is 1.56. The van der Waals surface area contributed by atoms with E-state index >= 15 is 0 Å². The van der Waals surface area contributed by atoms with E-state index in [1.807, 2.05) is 19.1 Å². The molecule has 4 amide bonds. The number of amides is 4. The quantitative estimate of drug-likeness (QED) is 0.142. The van der Waals surface area contributed by atoms with Gasteiger partial charge in [0.25, 0.3) is 11.6 Å². The lowest BCUT2D eigenvalue weighted by Crippen LogP contribution is -2.38. The van der Waals surface area contributed by atoms with Crippen molar-refractivity contribution in [2.24, 2.45) is 0 Å². The topological polar surface area (TPSA) is 140 Å². The number of ether oxygens (including phenoxy) is 2. The average Bonchev–Trinajstić information content (AvgIpc) is 3.19. The maximum Gasteiger partial charge on any atom is 0.329 e. The van der Waals surface area contributed by atoms with Crippen molar-refractivity contribution < 1.29 is 28.8 Å². The van der Waals surface area contributed by atoms with Gasteiger partial charge in [-0.15, -0.1) is 0 Å². The Kier molecular flexibility index (Phi) is 8.80. The van der Waals surface area contributed by atoms with Crippen molar-refractivity contribution in [1.82, 2.24) is 10.2 Å². The van der Waals surface area contributed by atoms with Gasteiger partial charge in [-0.3, -0.25) is 19.7 Å². The van der Waals surface area contributed by atoms with Gasteiger partial charge in [0, 0.05) is 17.8 Å². The zero-order valence-electron chi connectivity index (χ0n) is 21.6. The number of nitro groups is 1. The van der Waals surface area contributed by atoms with Crippen molar-refractivity contribution in [3.63, 3.8) is 0 Å². The van der Waals surface area contributed by atoms with Crippen LogP contribution in [0.3, 0.4) is 0 Å². The summed E-state index contributed by atoms with van der Waals surface area (Å²) in [6, 6.07) is 16.0. The summed E-state index contributed by atoms with van der Waals surface area (Å²) in [7, 11) is 1.44. The fourth-order valence-electron chi connectivity index (χ4n) is 4.04. The highest BCUT2D eigenvalue weighted by Gasteiger charge is 2.35.